The summed E-state index contributed by atoms with van der Waals surface area (Å²) in [5.74, 6) is -0.676. The van der Waals surface area contributed by atoms with Crippen LogP contribution in [0, 0.1) is 11.7 Å². The van der Waals surface area contributed by atoms with Crippen molar-refractivity contribution in [1.29, 1.82) is 0 Å². The van der Waals surface area contributed by atoms with Crippen LogP contribution in [0.15, 0.2) is 36.7 Å². The molecule has 1 aliphatic heterocycles. The number of rotatable bonds is 4. The molecule has 25 heavy (non-hydrogen) atoms. The van der Waals surface area contributed by atoms with Gasteiger partial charge in [-0.3, -0.25) is 14.3 Å². The normalized spacial score (nSPS) is 17.4. The molecule has 1 N–H and O–H groups in total. The molecule has 7 heteroatoms. The number of carbonyl (C=O) groups is 2. The monoisotopic (exact) mass is 344 g/mol. The Balaban J connectivity index is 1.57. The van der Waals surface area contributed by atoms with Gasteiger partial charge in [-0.2, -0.15) is 5.10 Å². The predicted octanol–water partition coefficient (Wildman–Crippen LogP) is 1.98. The van der Waals surface area contributed by atoms with E-state index in [2.05, 4.69) is 10.4 Å². The Morgan fingerprint density at radius 3 is 2.76 bits per heavy atom. The molecule has 1 atom stereocenters. The molecule has 1 aromatic carbocycles. The first-order chi connectivity index (χ1) is 12.0. The fourth-order valence-electron chi connectivity index (χ4n) is 3.04. The van der Waals surface area contributed by atoms with Crippen molar-refractivity contribution in [2.75, 3.05) is 18.4 Å². The second-order valence-electron chi connectivity index (χ2n) is 6.37. The van der Waals surface area contributed by atoms with Crippen LogP contribution in [0.3, 0.4) is 0 Å². The Labute approximate surface area is 145 Å². The minimum atomic E-state index is -0.318. The van der Waals surface area contributed by atoms with E-state index in [1.54, 1.807) is 41.2 Å². The predicted molar refractivity (Wildman–Crippen MR) is 91.2 cm³/mol. The molecule has 0 radical (unpaired) electrons. The molecule has 0 spiro atoms. The highest BCUT2D eigenvalue weighted by Gasteiger charge is 2.28. The molecule has 0 bridgehead atoms. The van der Waals surface area contributed by atoms with Gasteiger partial charge in [0.1, 0.15) is 5.82 Å². The fraction of sp³-hybridized carbons (Fsp3) is 0.389. The second kappa shape index (κ2) is 7.46. The average Bonchev–Trinajstić information content (AvgIpc) is 3.02. The summed E-state index contributed by atoms with van der Waals surface area (Å²) in [5.41, 5.74) is 1.43. The lowest BCUT2D eigenvalue weighted by Gasteiger charge is -2.32. The van der Waals surface area contributed by atoms with Gasteiger partial charge in [-0.15, -0.1) is 0 Å². The van der Waals surface area contributed by atoms with Crippen LogP contribution in [0.25, 0.3) is 0 Å². The second-order valence-corrected chi connectivity index (χ2v) is 6.37. The fourth-order valence-corrected chi connectivity index (χ4v) is 3.04. The van der Waals surface area contributed by atoms with Crippen LogP contribution in [-0.4, -0.2) is 39.6 Å². The van der Waals surface area contributed by atoms with Crippen molar-refractivity contribution >= 4 is 17.5 Å². The molecule has 0 aliphatic carbocycles. The van der Waals surface area contributed by atoms with Crippen molar-refractivity contribution in [3.05, 3.63) is 48.0 Å². The number of halogens is 1. The molecule has 3 rings (SSSR count). The molecule has 2 amide bonds. The Morgan fingerprint density at radius 2 is 2.08 bits per heavy atom. The number of benzene rings is 1. The number of hydrogen-bond acceptors (Lipinski definition) is 3. The molecule has 0 unspecified atom stereocenters. The van der Waals surface area contributed by atoms with E-state index in [-0.39, 0.29) is 30.0 Å². The summed E-state index contributed by atoms with van der Waals surface area (Å²) >= 11 is 0. The van der Waals surface area contributed by atoms with Gasteiger partial charge in [-0.25, -0.2) is 4.39 Å². The first-order valence-corrected chi connectivity index (χ1v) is 8.33. The van der Waals surface area contributed by atoms with E-state index in [0.717, 1.165) is 18.4 Å². The molecule has 1 fully saturated rings. The van der Waals surface area contributed by atoms with Gasteiger partial charge >= 0.3 is 0 Å². The summed E-state index contributed by atoms with van der Waals surface area (Å²) in [5, 5.41) is 6.87. The maximum Gasteiger partial charge on any atom is 0.229 e. The molecular formula is C18H21FN4O2. The molecule has 132 valence electrons. The number of anilines is 1. The zero-order chi connectivity index (χ0) is 17.8. The minimum absolute atomic E-state index is 0.0366. The topological polar surface area (TPSA) is 67.2 Å². The summed E-state index contributed by atoms with van der Waals surface area (Å²) in [7, 11) is 1.78. The van der Waals surface area contributed by atoms with E-state index in [9.17, 15) is 14.0 Å². The van der Waals surface area contributed by atoms with E-state index in [4.69, 9.17) is 0 Å². The molecule has 1 saturated heterocycles. The molecule has 2 heterocycles. The van der Waals surface area contributed by atoms with Crippen LogP contribution in [0.2, 0.25) is 0 Å². The van der Waals surface area contributed by atoms with Crippen molar-refractivity contribution in [3.8, 4) is 0 Å². The molecular weight excluding hydrogens is 323 g/mol. The Morgan fingerprint density at radius 1 is 1.32 bits per heavy atom. The van der Waals surface area contributed by atoms with E-state index < -0.39 is 0 Å². The smallest absolute Gasteiger partial charge is 0.229 e. The average molecular weight is 344 g/mol. The van der Waals surface area contributed by atoms with Crippen LogP contribution in [0.5, 0.6) is 0 Å². The third-order valence-corrected chi connectivity index (χ3v) is 4.39. The third kappa shape index (κ3) is 4.43. The van der Waals surface area contributed by atoms with E-state index in [0.29, 0.717) is 18.8 Å². The van der Waals surface area contributed by atoms with Crippen LogP contribution < -0.4 is 5.32 Å². The summed E-state index contributed by atoms with van der Waals surface area (Å²) in [6, 6.07) is 5.93. The minimum Gasteiger partial charge on any atom is -0.342 e. The maximum absolute atomic E-state index is 13.0. The highest BCUT2D eigenvalue weighted by Crippen LogP contribution is 2.19. The molecule has 1 aromatic heterocycles. The SMILES string of the molecule is Cn1cc(NC(=O)[C@@H]2CCCN(C(=O)Cc3ccc(F)cc3)C2)cn1. The van der Waals surface area contributed by atoms with Gasteiger partial charge in [0, 0.05) is 26.3 Å². The number of piperidine rings is 1. The van der Waals surface area contributed by atoms with E-state index in [1.165, 1.54) is 12.1 Å². The van der Waals surface area contributed by atoms with Crippen LogP contribution in [-0.2, 0) is 23.1 Å². The number of aryl methyl sites for hydroxylation is 1. The molecule has 6 nitrogen and oxygen atoms in total. The van der Waals surface area contributed by atoms with Gasteiger partial charge in [-0.1, -0.05) is 12.1 Å². The first-order valence-electron chi connectivity index (χ1n) is 8.33. The van der Waals surface area contributed by atoms with Crippen molar-refractivity contribution in [2.45, 2.75) is 19.3 Å². The summed E-state index contributed by atoms with van der Waals surface area (Å²) in [6.07, 6.45) is 5.10. The number of nitrogens with zero attached hydrogens (tertiary/aromatic N) is 3. The van der Waals surface area contributed by atoms with Crippen molar-refractivity contribution < 1.29 is 14.0 Å². The summed E-state index contributed by atoms with van der Waals surface area (Å²) in [6.45, 7) is 1.06. The highest BCUT2D eigenvalue weighted by atomic mass is 19.1. The maximum atomic E-state index is 13.0. The van der Waals surface area contributed by atoms with E-state index in [1.807, 2.05) is 0 Å². The van der Waals surface area contributed by atoms with Crippen LogP contribution >= 0.6 is 0 Å². The Bertz CT molecular complexity index is 757. The van der Waals surface area contributed by atoms with Gasteiger partial charge in [0.25, 0.3) is 0 Å². The van der Waals surface area contributed by atoms with Gasteiger partial charge in [0.2, 0.25) is 11.8 Å². The number of hydrogen-bond donors (Lipinski definition) is 1. The lowest BCUT2D eigenvalue weighted by atomic mass is 9.96. The van der Waals surface area contributed by atoms with Crippen molar-refractivity contribution in [2.24, 2.45) is 13.0 Å². The number of likely N-dealkylation sites (tertiary alicyclic amines) is 1. The lowest BCUT2D eigenvalue weighted by Crippen LogP contribution is -2.44. The largest absolute Gasteiger partial charge is 0.342 e. The van der Waals surface area contributed by atoms with Gasteiger partial charge in [0.15, 0.2) is 0 Å². The standard InChI is InChI=1S/C18H21FN4O2/c1-22-12-16(10-20-22)21-18(25)14-3-2-8-23(11-14)17(24)9-13-4-6-15(19)7-5-13/h4-7,10,12,14H,2-3,8-9,11H2,1H3,(H,21,25)/t14-/m1/s1. The number of carbonyl (C=O) groups excluding carboxylic acids is 2. The van der Waals surface area contributed by atoms with Crippen LogP contribution in [0.4, 0.5) is 10.1 Å². The number of aromatic nitrogens is 2. The molecule has 1 aliphatic rings. The number of nitrogens with one attached hydrogen (secondary N) is 1. The summed E-state index contributed by atoms with van der Waals surface area (Å²) in [4.78, 5) is 26.6. The Kier molecular flexibility index (Phi) is 5.11. The highest BCUT2D eigenvalue weighted by molar-refractivity contribution is 5.93. The Hall–Kier alpha value is -2.70. The first kappa shape index (κ1) is 17.1. The zero-order valence-corrected chi connectivity index (χ0v) is 14.1. The van der Waals surface area contributed by atoms with Gasteiger partial charge < -0.3 is 10.2 Å². The molecule has 0 saturated carbocycles. The zero-order valence-electron chi connectivity index (χ0n) is 14.1. The summed E-state index contributed by atoms with van der Waals surface area (Å²) < 4.78 is 14.6. The van der Waals surface area contributed by atoms with Gasteiger partial charge in [-0.05, 0) is 30.5 Å². The van der Waals surface area contributed by atoms with Crippen LogP contribution in [0.1, 0.15) is 18.4 Å². The van der Waals surface area contributed by atoms with E-state index >= 15 is 0 Å². The molecule has 2 aromatic rings. The quantitative estimate of drug-likeness (QED) is 0.922. The number of amides is 2. The lowest BCUT2D eigenvalue weighted by molar-refractivity contribution is -0.133. The van der Waals surface area contributed by atoms with Gasteiger partial charge in [0.05, 0.1) is 24.2 Å². The van der Waals surface area contributed by atoms with Crippen molar-refractivity contribution in [1.82, 2.24) is 14.7 Å². The third-order valence-electron chi connectivity index (χ3n) is 4.39. The van der Waals surface area contributed by atoms with Crippen molar-refractivity contribution in [3.63, 3.8) is 0 Å².